The summed E-state index contributed by atoms with van der Waals surface area (Å²) in [7, 11) is 0. The van der Waals surface area contributed by atoms with Crippen LogP contribution < -0.4 is 20.3 Å². The maximum absolute atomic E-state index is 15.2. The van der Waals surface area contributed by atoms with Crippen molar-refractivity contribution < 1.29 is 51.3 Å². The summed E-state index contributed by atoms with van der Waals surface area (Å²) >= 11 is 5.79. The number of urea groups is 1. The summed E-state index contributed by atoms with van der Waals surface area (Å²) in [5.41, 5.74) is 0.597. The molecule has 3 rings (SSSR count). The van der Waals surface area contributed by atoms with Gasteiger partial charge in [0.15, 0.2) is 17.7 Å². The lowest BCUT2D eigenvalue weighted by molar-refractivity contribution is -0.192. The van der Waals surface area contributed by atoms with Gasteiger partial charge in [-0.1, -0.05) is 44.7 Å². The fourth-order valence-electron chi connectivity index (χ4n) is 4.31. The molecular formula is C28H33ClF5N3O6. The minimum Gasteiger partial charge on any atom is -0.479 e. The van der Waals surface area contributed by atoms with Gasteiger partial charge < -0.3 is 30.5 Å². The Morgan fingerprint density at radius 2 is 1.56 bits per heavy atom. The molecule has 2 aromatic carbocycles. The molecule has 2 aromatic rings. The van der Waals surface area contributed by atoms with E-state index >= 15 is 4.39 Å². The highest BCUT2D eigenvalue weighted by molar-refractivity contribution is 6.30. The van der Waals surface area contributed by atoms with Crippen LogP contribution in [0.25, 0.3) is 0 Å². The van der Waals surface area contributed by atoms with Crippen molar-refractivity contribution in [2.75, 3.05) is 22.1 Å². The van der Waals surface area contributed by atoms with Gasteiger partial charge in [0, 0.05) is 29.7 Å². The maximum Gasteiger partial charge on any atom is 0.490 e. The molecule has 1 unspecified atom stereocenters. The molecule has 4 N–H and O–H groups in total. The monoisotopic (exact) mass is 637 g/mol. The summed E-state index contributed by atoms with van der Waals surface area (Å²) in [5, 5.41) is 21.6. The molecule has 43 heavy (non-hydrogen) atoms. The number of alkyl halides is 3. The molecule has 0 bridgehead atoms. The highest BCUT2D eigenvalue weighted by Gasteiger charge is 2.38. The number of ether oxygens (including phenoxy) is 1. The number of carboxylic acid groups (broad SMARTS) is 2. The van der Waals surface area contributed by atoms with Crippen LogP contribution in [0.4, 0.5) is 43.8 Å². The standard InChI is InChI=1S/C26H32ClF2N3O4.C2HF3O2/c1-15(2)14-32(18-7-5-4-6-8-18)23-12-20(29)24(36-16(3)25(33)34)13-22(23)31-26(35)30-21-10-9-17(27)11-19(21)28;3-2(4,5)1(6)7/h9-13,15-16,18H,4-8,14H2,1-3H3,(H,33,34)(H2,30,31,35);(H,6,7). The summed E-state index contributed by atoms with van der Waals surface area (Å²) in [6.07, 6.45) is -1.27. The van der Waals surface area contributed by atoms with Crippen LogP contribution in [0, 0.1) is 17.6 Å². The Hall–Kier alpha value is -3.81. The Kier molecular flexibility index (Phi) is 12.8. The SMILES string of the molecule is CC(C)CN(c1cc(F)c(OC(C)C(=O)O)cc1NC(=O)Nc1ccc(Cl)cc1F)C1CCCCC1.O=C(O)C(F)(F)F. The molecule has 1 aliphatic carbocycles. The first-order valence-corrected chi connectivity index (χ1v) is 13.7. The quantitative estimate of drug-likeness (QED) is 0.209. The van der Waals surface area contributed by atoms with Crippen LogP contribution in [0.1, 0.15) is 52.9 Å². The lowest BCUT2D eigenvalue weighted by atomic mass is 9.93. The van der Waals surface area contributed by atoms with Crippen molar-refractivity contribution in [3.63, 3.8) is 0 Å². The second-order valence-corrected chi connectivity index (χ2v) is 10.7. The average molecular weight is 638 g/mol. The van der Waals surface area contributed by atoms with Crippen molar-refractivity contribution in [1.29, 1.82) is 0 Å². The van der Waals surface area contributed by atoms with Gasteiger partial charge >= 0.3 is 24.1 Å². The number of benzene rings is 2. The van der Waals surface area contributed by atoms with Gasteiger partial charge in [-0.3, -0.25) is 0 Å². The first kappa shape index (κ1) is 35.4. The molecule has 0 heterocycles. The summed E-state index contributed by atoms with van der Waals surface area (Å²) in [5.74, 6) is -5.52. The topological polar surface area (TPSA) is 128 Å². The third-order valence-corrected chi connectivity index (χ3v) is 6.49. The van der Waals surface area contributed by atoms with Crippen LogP contribution in [0.2, 0.25) is 5.02 Å². The first-order valence-electron chi connectivity index (χ1n) is 13.3. The van der Waals surface area contributed by atoms with E-state index in [9.17, 15) is 32.3 Å². The Morgan fingerprint density at radius 1 is 0.977 bits per heavy atom. The van der Waals surface area contributed by atoms with E-state index in [4.69, 9.17) is 26.2 Å². The number of aliphatic carboxylic acids is 2. The first-order chi connectivity index (χ1) is 20.0. The predicted molar refractivity (Wildman–Crippen MR) is 151 cm³/mol. The van der Waals surface area contributed by atoms with E-state index < -0.39 is 41.9 Å². The Labute approximate surface area is 250 Å². The normalized spacial score (nSPS) is 14.3. The number of nitrogens with zero attached hydrogens (tertiary/aromatic N) is 1. The average Bonchev–Trinajstić information content (AvgIpc) is 2.91. The molecule has 0 saturated heterocycles. The summed E-state index contributed by atoms with van der Waals surface area (Å²) < 4.78 is 66.4. The van der Waals surface area contributed by atoms with Crippen LogP contribution in [-0.2, 0) is 9.59 Å². The lowest BCUT2D eigenvalue weighted by Crippen LogP contribution is -2.40. The van der Waals surface area contributed by atoms with Crippen LogP contribution >= 0.6 is 11.6 Å². The molecule has 2 amide bonds. The molecule has 1 atom stereocenters. The second kappa shape index (κ2) is 15.6. The van der Waals surface area contributed by atoms with Crippen LogP contribution in [0.5, 0.6) is 5.75 Å². The van der Waals surface area contributed by atoms with E-state index in [0.29, 0.717) is 12.2 Å². The minimum atomic E-state index is -5.08. The molecule has 238 valence electrons. The van der Waals surface area contributed by atoms with Gasteiger partial charge in [0.25, 0.3) is 0 Å². The van der Waals surface area contributed by atoms with Crippen molar-refractivity contribution >= 4 is 46.6 Å². The Morgan fingerprint density at radius 3 is 2.07 bits per heavy atom. The van der Waals surface area contributed by atoms with Crippen molar-refractivity contribution in [3.8, 4) is 5.75 Å². The number of hydrogen-bond donors (Lipinski definition) is 4. The highest BCUT2D eigenvalue weighted by Crippen LogP contribution is 2.38. The predicted octanol–water partition coefficient (Wildman–Crippen LogP) is 7.54. The molecule has 1 saturated carbocycles. The number of carboxylic acids is 2. The molecular weight excluding hydrogens is 605 g/mol. The number of amides is 2. The fourth-order valence-corrected chi connectivity index (χ4v) is 4.47. The molecule has 1 aliphatic rings. The molecule has 0 aliphatic heterocycles. The van der Waals surface area contributed by atoms with E-state index in [2.05, 4.69) is 29.4 Å². The molecule has 15 heteroatoms. The van der Waals surface area contributed by atoms with Crippen LogP contribution in [0.15, 0.2) is 30.3 Å². The van der Waals surface area contributed by atoms with Gasteiger partial charge in [0.1, 0.15) is 5.82 Å². The molecule has 0 aromatic heterocycles. The van der Waals surface area contributed by atoms with E-state index in [1.165, 1.54) is 31.2 Å². The second-order valence-electron chi connectivity index (χ2n) is 10.2. The maximum atomic E-state index is 15.2. The van der Waals surface area contributed by atoms with E-state index in [1.54, 1.807) is 0 Å². The van der Waals surface area contributed by atoms with Gasteiger partial charge in [-0.15, -0.1) is 0 Å². The molecule has 9 nitrogen and oxygen atoms in total. The zero-order chi connectivity index (χ0) is 32.5. The van der Waals surface area contributed by atoms with Crippen molar-refractivity contribution in [3.05, 3.63) is 47.0 Å². The van der Waals surface area contributed by atoms with Crippen LogP contribution in [0.3, 0.4) is 0 Å². The van der Waals surface area contributed by atoms with E-state index in [1.807, 2.05) is 0 Å². The molecule has 0 spiro atoms. The zero-order valence-corrected chi connectivity index (χ0v) is 24.4. The number of carbonyl (C=O) groups is 3. The fraction of sp³-hybridized carbons (Fsp3) is 0.464. The third-order valence-electron chi connectivity index (χ3n) is 6.26. The van der Waals surface area contributed by atoms with E-state index in [-0.39, 0.29) is 34.1 Å². The number of hydrogen-bond acceptors (Lipinski definition) is 5. The lowest BCUT2D eigenvalue weighted by Gasteiger charge is -2.38. The van der Waals surface area contributed by atoms with Crippen molar-refractivity contribution in [1.82, 2.24) is 0 Å². The summed E-state index contributed by atoms with van der Waals surface area (Å²) in [6, 6.07) is 5.79. The van der Waals surface area contributed by atoms with Gasteiger partial charge in [0.2, 0.25) is 0 Å². The number of nitrogens with one attached hydrogen (secondary N) is 2. The number of halogens is 6. The summed E-state index contributed by atoms with van der Waals surface area (Å²) in [6.45, 7) is 6.02. The number of rotatable bonds is 9. The Bertz CT molecular complexity index is 1290. The summed E-state index contributed by atoms with van der Waals surface area (Å²) in [4.78, 5) is 35.1. The molecule has 0 radical (unpaired) electrons. The van der Waals surface area contributed by atoms with Gasteiger partial charge in [-0.2, -0.15) is 13.2 Å². The zero-order valence-electron chi connectivity index (χ0n) is 23.6. The van der Waals surface area contributed by atoms with Crippen molar-refractivity contribution in [2.45, 2.75) is 71.2 Å². The molecule has 1 fully saturated rings. The van der Waals surface area contributed by atoms with Crippen LogP contribution in [-0.4, -0.2) is 53.0 Å². The highest BCUT2D eigenvalue weighted by atomic mass is 35.5. The largest absolute Gasteiger partial charge is 0.490 e. The van der Waals surface area contributed by atoms with Gasteiger partial charge in [-0.25, -0.2) is 23.2 Å². The number of anilines is 3. The minimum absolute atomic E-state index is 0.0807. The smallest absolute Gasteiger partial charge is 0.479 e. The van der Waals surface area contributed by atoms with Crippen molar-refractivity contribution in [2.24, 2.45) is 5.92 Å². The third kappa shape index (κ3) is 11.1. The number of carbonyl (C=O) groups excluding carboxylic acids is 1. The van der Waals surface area contributed by atoms with Gasteiger partial charge in [-0.05, 0) is 43.9 Å². The Balaban J connectivity index is 0.000000821. The van der Waals surface area contributed by atoms with E-state index in [0.717, 1.165) is 38.2 Å². The van der Waals surface area contributed by atoms with Gasteiger partial charge in [0.05, 0.1) is 17.1 Å².